The molecule has 0 aliphatic carbocycles. The summed E-state index contributed by atoms with van der Waals surface area (Å²) in [6, 6.07) is 29.0. The van der Waals surface area contributed by atoms with Crippen LogP contribution < -0.4 is 9.06 Å². The molecule has 1 aliphatic rings. The zero-order valence-electron chi connectivity index (χ0n) is 16.4. The minimum absolute atomic E-state index is 0.464. The molecule has 2 nitrogen and oxygen atoms in total. The highest BCUT2D eigenvalue weighted by molar-refractivity contribution is 7.58. The summed E-state index contributed by atoms with van der Waals surface area (Å²) in [6.45, 7) is 0. The van der Waals surface area contributed by atoms with E-state index in [0.717, 1.165) is 12.8 Å². The van der Waals surface area contributed by atoms with Crippen molar-refractivity contribution in [3.8, 4) is 5.30 Å². The van der Waals surface area contributed by atoms with Gasteiger partial charge in [-0.1, -0.05) is 50.0 Å². The maximum atomic E-state index is 3.63. The molecule has 8 bridgehead atoms. The third-order valence-electron chi connectivity index (χ3n) is 5.58. The van der Waals surface area contributed by atoms with E-state index >= 15 is 0 Å². The Hall–Kier alpha value is -3.00. The number of H-pyrrole nitrogens is 2. The highest BCUT2D eigenvalue weighted by atomic mass is 32.1. The van der Waals surface area contributed by atoms with Crippen molar-refractivity contribution in [2.45, 2.75) is 12.8 Å². The van der Waals surface area contributed by atoms with Gasteiger partial charge in [0.1, 0.15) is 0 Å². The van der Waals surface area contributed by atoms with Gasteiger partial charge in [-0.15, -0.1) is 11.3 Å². The SMILES string of the molecule is C1=c2/cc/c(s2)=C/c2ccc([nH]2)Cc2ccc(p2-c2ccccc2)Cc2ccc/1[nH]2. The quantitative estimate of drug-likeness (QED) is 0.348. The molecular formula is C26H21N2PS. The van der Waals surface area contributed by atoms with Crippen LogP contribution in [0.5, 0.6) is 0 Å². The molecule has 0 amide bonds. The van der Waals surface area contributed by atoms with Gasteiger partial charge in [-0.2, -0.15) is 0 Å². The van der Waals surface area contributed by atoms with Crippen LogP contribution in [-0.4, -0.2) is 9.97 Å². The smallest absolute Gasteiger partial charge is 0.0396 e. The molecule has 1 aliphatic heterocycles. The van der Waals surface area contributed by atoms with E-state index in [-0.39, 0.29) is 0 Å². The third-order valence-corrected chi connectivity index (χ3v) is 9.14. The van der Waals surface area contributed by atoms with E-state index in [1.807, 2.05) is 11.3 Å². The highest BCUT2D eigenvalue weighted by Crippen LogP contribution is 2.49. The normalized spacial score (nSPS) is 15.2. The molecule has 30 heavy (non-hydrogen) atoms. The van der Waals surface area contributed by atoms with Gasteiger partial charge in [0.05, 0.1) is 0 Å². The standard InChI is InChI=1S/C26H21N2PS/c1-2-4-22(5-3-1)29-23-10-11-24(29)15-19-7-9-21(28-19)17-26-13-12-25(30-26)16-20-8-6-18(14-23)27-20/h1-13,16-17,27-28H,14-15H2/b25-16-,26-17-. The van der Waals surface area contributed by atoms with E-state index in [1.165, 1.54) is 47.7 Å². The van der Waals surface area contributed by atoms with Crippen LogP contribution in [-0.2, 0) is 12.8 Å². The fraction of sp³-hybridized carbons (Fsp3) is 0.0769. The minimum atomic E-state index is -0.464. The first-order valence-corrected chi connectivity index (χ1v) is 12.4. The first kappa shape index (κ1) is 17.8. The molecule has 2 N–H and O–H groups in total. The molecule has 6 rings (SSSR count). The van der Waals surface area contributed by atoms with Crippen molar-refractivity contribution in [3.05, 3.63) is 121 Å². The van der Waals surface area contributed by atoms with Gasteiger partial charge in [0.2, 0.25) is 0 Å². The summed E-state index contributed by atoms with van der Waals surface area (Å²) in [5.74, 6) is 0. The van der Waals surface area contributed by atoms with E-state index in [2.05, 4.69) is 101 Å². The lowest BCUT2D eigenvalue weighted by Gasteiger charge is -2.10. The molecular weight excluding hydrogens is 403 g/mol. The summed E-state index contributed by atoms with van der Waals surface area (Å²) in [4.78, 5) is 7.26. The monoisotopic (exact) mass is 424 g/mol. The number of nitrogens with one attached hydrogen (secondary N) is 2. The van der Waals surface area contributed by atoms with Crippen molar-refractivity contribution in [2.24, 2.45) is 0 Å². The molecule has 0 saturated heterocycles. The maximum Gasteiger partial charge on any atom is 0.0396 e. The predicted molar refractivity (Wildman–Crippen MR) is 128 cm³/mol. The van der Waals surface area contributed by atoms with Crippen LogP contribution >= 0.6 is 18.9 Å². The number of benzene rings is 1. The Morgan fingerprint density at radius 2 is 1.17 bits per heavy atom. The summed E-state index contributed by atoms with van der Waals surface area (Å²) >= 11 is 1.82. The Bertz CT molecular complexity index is 1360. The minimum Gasteiger partial charge on any atom is -0.359 e. The molecule has 0 saturated carbocycles. The molecule has 5 aromatic rings. The van der Waals surface area contributed by atoms with Crippen molar-refractivity contribution in [3.63, 3.8) is 0 Å². The predicted octanol–water partition coefficient (Wildman–Crippen LogP) is 5.53. The van der Waals surface area contributed by atoms with Crippen molar-refractivity contribution < 1.29 is 0 Å². The Morgan fingerprint density at radius 3 is 1.73 bits per heavy atom. The summed E-state index contributed by atoms with van der Waals surface area (Å²) < 4.78 is 2.54. The van der Waals surface area contributed by atoms with Crippen LogP contribution in [0.3, 0.4) is 0 Å². The fourth-order valence-electron chi connectivity index (χ4n) is 4.22. The van der Waals surface area contributed by atoms with Gasteiger partial charge < -0.3 is 9.97 Å². The molecule has 4 aromatic heterocycles. The van der Waals surface area contributed by atoms with Crippen LogP contribution in [0, 0.1) is 0 Å². The van der Waals surface area contributed by atoms with Crippen LogP contribution in [0.2, 0.25) is 0 Å². The third kappa shape index (κ3) is 3.41. The van der Waals surface area contributed by atoms with Gasteiger partial charge in [0.25, 0.3) is 0 Å². The number of rotatable bonds is 1. The first-order valence-electron chi connectivity index (χ1n) is 10.2. The Morgan fingerprint density at radius 1 is 0.600 bits per heavy atom. The Labute approximate surface area is 180 Å². The average molecular weight is 425 g/mol. The zero-order valence-corrected chi connectivity index (χ0v) is 18.1. The molecule has 0 spiro atoms. The van der Waals surface area contributed by atoms with Gasteiger partial charge in [0.15, 0.2) is 0 Å². The van der Waals surface area contributed by atoms with E-state index < -0.39 is 7.53 Å². The molecule has 146 valence electrons. The second-order valence-electron chi connectivity index (χ2n) is 7.75. The van der Waals surface area contributed by atoms with Crippen molar-refractivity contribution in [1.29, 1.82) is 0 Å². The van der Waals surface area contributed by atoms with Crippen molar-refractivity contribution in [2.75, 3.05) is 0 Å². The Balaban J connectivity index is 1.55. The number of hydrogen-bond acceptors (Lipinski definition) is 1. The van der Waals surface area contributed by atoms with E-state index in [9.17, 15) is 0 Å². The molecule has 0 radical (unpaired) electrons. The second-order valence-corrected chi connectivity index (χ2v) is 11.2. The summed E-state index contributed by atoms with van der Waals surface area (Å²) in [6.07, 6.45) is 6.41. The van der Waals surface area contributed by atoms with E-state index in [4.69, 9.17) is 0 Å². The number of aromatic amines is 2. The molecule has 5 heterocycles. The molecule has 0 fully saturated rings. The second kappa shape index (κ2) is 7.36. The summed E-state index contributed by atoms with van der Waals surface area (Å²) in [5, 5.41) is 4.47. The van der Waals surface area contributed by atoms with E-state index in [1.54, 1.807) is 0 Å². The van der Waals surface area contributed by atoms with Gasteiger partial charge in [-0.25, -0.2) is 0 Å². The van der Waals surface area contributed by atoms with Gasteiger partial charge >= 0.3 is 0 Å². The lowest BCUT2D eigenvalue weighted by molar-refractivity contribution is 1.13. The fourth-order valence-corrected chi connectivity index (χ4v) is 7.75. The highest BCUT2D eigenvalue weighted by Gasteiger charge is 2.14. The summed E-state index contributed by atoms with van der Waals surface area (Å²) in [7, 11) is -0.464. The first-order chi connectivity index (χ1) is 14.8. The summed E-state index contributed by atoms with van der Waals surface area (Å²) in [5.41, 5.74) is 4.90. The molecule has 0 unspecified atom stereocenters. The number of aromatic nitrogens is 2. The lowest BCUT2D eigenvalue weighted by Crippen LogP contribution is -1.95. The van der Waals surface area contributed by atoms with Crippen LogP contribution in [0.15, 0.2) is 78.9 Å². The average Bonchev–Trinajstić information content (AvgIpc) is 3.54. The Kier molecular flexibility index (Phi) is 4.37. The van der Waals surface area contributed by atoms with Crippen LogP contribution in [0.4, 0.5) is 0 Å². The molecule has 1 aromatic carbocycles. The zero-order chi connectivity index (χ0) is 19.9. The van der Waals surface area contributed by atoms with Crippen LogP contribution in [0.25, 0.3) is 17.5 Å². The lowest BCUT2D eigenvalue weighted by atomic mass is 10.2. The largest absolute Gasteiger partial charge is 0.359 e. The maximum absolute atomic E-state index is 3.63. The van der Waals surface area contributed by atoms with Gasteiger partial charge in [0, 0.05) is 44.7 Å². The molecule has 0 atom stereocenters. The topological polar surface area (TPSA) is 31.6 Å². The number of fused-ring (bicyclic) bond motifs is 8. The number of thiophene rings is 1. The van der Waals surface area contributed by atoms with Crippen molar-refractivity contribution in [1.82, 2.24) is 9.97 Å². The molecule has 4 heteroatoms. The van der Waals surface area contributed by atoms with Gasteiger partial charge in [-0.3, -0.25) is 0 Å². The van der Waals surface area contributed by atoms with Gasteiger partial charge in [-0.05, 0) is 64.4 Å². The van der Waals surface area contributed by atoms with Crippen molar-refractivity contribution >= 4 is 31.0 Å². The van der Waals surface area contributed by atoms with Crippen LogP contribution in [0.1, 0.15) is 33.4 Å². The number of hydrogen-bond donors (Lipinski definition) is 2. The van der Waals surface area contributed by atoms with E-state index in [0.29, 0.717) is 0 Å².